The number of carbonyl (C=O) groups excluding carboxylic acids is 1. The van der Waals surface area contributed by atoms with Gasteiger partial charge in [-0.15, -0.1) is 0 Å². The molecule has 0 amide bonds. The molecule has 0 saturated carbocycles. The van der Waals surface area contributed by atoms with Crippen LogP contribution in [-0.4, -0.2) is 16.1 Å². The summed E-state index contributed by atoms with van der Waals surface area (Å²) < 4.78 is 0. The highest BCUT2D eigenvalue weighted by molar-refractivity contribution is 5.64. The van der Waals surface area contributed by atoms with Crippen molar-refractivity contribution in [2.45, 2.75) is 6.92 Å². The topological polar surface area (TPSA) is 103 Å². The summed E-state index contributed by atoms with van der Waals surface area (Å²) in [7, 11) is 0. The van der Waals surface area contributed by atoms with Gasteiger partial charge in [0.05, 0.1) is 15.9 Å². The summed E-state index contributed by atoms with van der Waals surface area (Å²) in [5.74, 6) is 0. The largest absolute Gasteiger partial charge is 0.299 e. The summed E-state index contributed by atoms with van der Waals surface area (Å²) in [6, 6.07) is 4.59. The number of carbonyl (C=O) groups is 1. The van der Waals surface area contributed by atoms with E-state index in [-0.39, 0.29) is 11.4 Å². The third kappa shape index (κ3) is 5.78. The van der Waals surface area contributed by atoms with Gasteiger partial charge >= 0.3 is 0 Å². The van der Waals surface area contributed by atoms with Gasteiger partial charge in [-0.3, -0.25) is 25.0 Å². The molecule has 1 aromatic carbocycles. The second-order valence-corrected chi connectivity index (χ2v) is 2.70. The molecule has 0 aliphatic heterocycles. The van der Waals surface area contributed by atoms with Gasteiger partial charge in [0.2, 0.25) is 0 Å². The van der Waals surface area contributed by atoms with Gasteiger partial charge in [-0.05, 0) is 19.1 Å². The summed E-state index contributed by atoms with van der Waals surface area (Å²) in [6.45, 7) is 1.80. The summed E-state index contributed by atoms with van der Waals surface area (Å²) in [5, 5.41) is 20.3. The molecule has 0 atom stereocenters. The molecule has 1 aromatic rings. The van der Waals surface area contributed by atoms with Crippen molar-refractivity contribution in [1.82, 2.24) is 0 Å². The second-order valence-electron chi connectivity index (χ2n) is 2.70. The minimum atomic E-state index is -0.674. The van der Waals surface area contributed by atoms with Gasteiger partial charge in [-0.2, -0.15) is 0 Å². The summed E-state index contributed by atoms with van der Waals surface area (Å²) in [4.78, 5) is 28.3. The first kappa shape index (κ1) is 14.4. The first-order valence-electron chi connectivity index (χ1n) is 4.48. The first-order chi connectivity index (χ1) is 8.02. The van der Waals surface area contributed by atoms with Gasteiger partial charge in [0.15, 0.2) is 0 Å². The van der Waals surface area contributed by atoms with Crippen LogP contribution in [-0.2, 0) is 4.79 Å². The smallest absolute Gasteiger partial charge is 0.276 e. The number of allylic oxidation sites excluding steroid dienone is 2. The van der Waals surface area contributed by atoms with E-state index >= 15 is 0 Å². The molecule has 0 N–H and O–H groups in total. The van der Waals surface area contributed by atoms with Gasteiger partial charge < -0.3 is 0 Å². The minimum Gasteiger partial charge on any atom is -0.299 e. The van der Waals surface area contributed by atoms with Crippen LogP contribution < -0.4 is 0 Å². The highest BCUT2D eigenvalue weighted by Gasteiger charge is 2.11. The lowest BCUT2D eigenvalue weighted by molar-refractivity contribution is -0.394. The summed E-state index contributed by atoms with van der Waals surface area (Å²) in [5.41, 5.74) is -0.548. The SMILES string of the molecule is C/C=C/C=O.O=[N+]([O-])c1cccc([N+](=O)[O-])c1. The standard InChI is InChI=1S/C6H4N2O4.C4H6O/c9-7(10)5-2-1-3-6(4-5)8(11)12;1-2-3-4-5/h1-4H;2-4H,1H3/b;3-2+. The fraction of sp³-hybridized carbons (Fsp3) is 0.100. The quantitative estimate of drug-likeness (QED) is 0.347. The minimum absolute atomic E-state index is 0.274. The Hall–Kier alpha value is -2.57. The lowest BCUT2D eigenvalue weighted by Crippen LogP contribution is -1.91. The molecule has 0 aliphatic carbocycles. The van der Waals surface area contributed by atoms with E-state index in [2.05, 4.69) is 0 Å². The maximum Gasteiger partial charge on any atom is 0.276 e. The van der Waals surface area contributed by atoms with Gasteiger partial charge in [-0.1, -0.05) is 6.08 Å². The molecule has 0 unspecified atom stereocenters. The zero-order valence-corrected chi connectivity index (χ0v) is 8.98. The molecule has 0 bridgehead atoms. The van der Waals surface area contributed by atoms with Gasteiger partial charge in [0, 0.05) is 12.1 Å². The fourth-order valence-corrected chi connectivity index (χ4v) is 0.799. The third-order valence-electron chi connectivity index (χ3n) is 1.52. The maximum atomic E-state index is 10.2. The Bertz CT molecular complexity index is 413. The number of nitro groups is 2. The van der Waals surface area contributed by atoms with Crippen LogP contribution in [0, 0.1) is 20.2 Å². The third-order valence-corrected chi connectivity index (χ3v) is 1.52. The van der Waals surface area contributed by atoms with Crippen LogP contribution in [0.3, 0.4) is 0 Å². The van der Waals surface area contributed by atoms with Crippen molar-refractivity contribution in [3.05, 3.63) is 56.6 Å². The van der Waals surface area contributed by atoms with Crippen LogP contribution in [0.25, 0.3) is 0 Å². The Labute approximate surface area is 96.7 Å². The van der Waals surface area contributed by atoms with Crippen LogP contribution >= 0.6 is 0 Å². The molecule has 0 heterocycles. The molecule has 0 spiro atoms. The second kappa shape index (κ2) is 7.69. The number of non-ortho nitro benzene ring substituents is 2. The van der Waals surface area contributed by atoms with E-state index in [4.69, 9.17) is 0 Å². The Morgan fingerprint density at radius 3 is 1.82 bits per heavy atom. The molecule has 90 valence electrons. The first-order valence-corrected chi connectivity index (χ1v) is 4.48. The van der Waals surface area contributed by atoms with E-state index in [1.165, 1.54) is 24.3 Å². The molecule has 0 saturated heterocycles. The number of rotatable bonds is 3. The molecule has 7 nitrogen and oxygen atoms in total. The normalized spacial score (nSPS) is 9.24. The highest BCUT2D eigenvalue weighted by atomic mass is 16.6. The van der Waals surface area contributed by atoms with E-state index < -0.39 is 9.85 Å². The van der Waals surface area contributed by atoms with Crippen molar-refractivity contribution in [1.29, 1.82) is 0 Å². The van der Waals surface area contributed by atoms with Crippen molar-refractivity contribution >= 4 is 17.7 Å². The van der Waals surface area contributed by atoms with E-state index in [9.17, 15) is 25.0 Å². The molecule has 0 aliphatic rings. The van der Waals surface area contributed by atoms with Crippen LogP contribution in [0.4, 0.5) is 11.4 Å². The molecule has 17 heavy (non-hydrogen) atoms. The van der Waals surface area contributed by atoms with Crippen LogP contribution in [0.1, 0.15) is 6.92 Å². The Morgan fingerprint density at radius 2 is 1.59 bits per heavy atom. The van der Waals surface area contributed by atoms with Gasteiger partial charge in [0.25, 0.3) is 11.4 Å². The zero-order valence-electron chi connectivity index (χ0n) is 8.98. The van der Waals surface area contributed by atoms with E-state index in [1.807, 2.05) is 0 Å². The predicted molar refractivity (Wildman–Crippen MR) is 60.6 cm³/mol. The van der Waals surface area contributed by atoms with Crippen molar-refractivity contribution < 1.29 is 14.6 Å². The van der Waals surface area contributed by atoms with Gasteiger partial charge in [0.1, 0.15) is 6.29 Å². The van der Waals surface area contributed by atoms with Crippen molar-refractivity contribution in [2.24, 2.45) is 0 Å². The highest BCUT2D eigenvalue weighted by Crippen LogP contribution is 2.18. The van der Waals surface area contributed by atoms with Crippen molar-refractivity contribution in [3.8, 4) is 0 Å². The zero-order chi connectivity index (χ0) is 13.3. The maximum absolute atomic E-state index is 10.2. The number of hydrogen-bond donors (Lipinski definition) is 0. The number of hydrogen-bond acceptors (Lipinski definition) is 5. The Balaban J connectivity index is 0.000000437. The lowest BCUT2D eigenvalue weighted by Gasteiger charge is -1.90. The number of nitrogens with zero attached hydrogens (tertiary/aromatic N) is 2. The molecule has 0 radical (unpaired) electrons. The average Bonchev–Trinajstić information content (AvgIpc) is 2.31. The molecule has 0 fully saturated rings. The Kier molecular flexibility index (Phi) is 6.52. The molecular weight excluding hydrogens is 228 g/mol. The molecule has 1 rings (SSSR count). The number of nitro benzene ring substituents is 2. The number of aldehydes is 1. The number of benzene rings is 1. The monoisotopic (exact) mass is 238 g/mol. The molecule has 0 aromatic heterocycles. The summed E-state index contributed by atoms with van der Waals surface area (Å²) in [6.07, 6.45) is 3.88. The fourth-order valence-electron chi connectivity index (χ4n) is 0.799. The van der Waals surface area contributed by atoms with Crippen LogP contribution in [0.5, 0.6) is 0 Å². The lowest BCUT2D eigenvalue weighted by atomic mass is 10.3. The molecule has 7 heteroatoms. The average molecular weight is 238 g/mol. The predicted octanol–water partition coefficient (Wildman–Crippen LogP) is 2.26. The van der Waals surface area contributed by atoms with E-state index in [0.29, 0.717) is 0 Å². The van der Waals surface area contributed by atoms with Gasteiger partial charge in [-0.25, -0.2) is 0 Å². The van der Waals surface area contributed by atoms with Crippen molar-refractivity contribution in [3.63, 3.8) is 0 Å². The van der Waals surface area contributed by atoms with Crippen LogP contribution in [0.15, 0.2) is 36.4 Å². The van der Waals surface area contributed by atoms with E-state index in [0.717, 1.165) is 12.4 Å². The van der Waals surface area contributed by atoms with E-state index in [1.54, 1.807) is 13.0 Å². The molecular formula is C10H10N2O5. The Morgan fingerprint density at radius 1 is 1.12 bits per heavy atom. The van der Waals surface area contributed by atoms with Crippen LogP contribution in [0.2, 0.25) is 0 Å². The summed E-state index contributed by atoms with van der Waals surface area (Å²) >= 11 is 0. The van der Waals surface area contributed by atoms with Crippen molar-refractivity contribution in [2.75, 3.05) is 0 Å².